The molecular weight excluding hydrogens is 386 g/mol. The Kier molecular flexibility index (Phi) is 4.88. The third-order valence-corrected chi connectivity index (χ3v) is 5.33. The summed E-state index contributed by atoms with van der Waals surface area (Å²) in [6, 6.07) is 25.2. The second kappa shape index (κ2) is 7.99. The van der Waals surface area contributed by atoms with Crippen molar-refractivity contribution < 1.29 is 4.79 Å². The zero-order valence-corrected chi connectivity index (χ0v) is 17.1. The maximum atomic E-state index is 12.9. The molecule has 0 spiro atoms. The van der Waals surface area contributed by atoms with Gasteiger partial charge in [-0.3, -0.25) is 9.20 Å². The average molecular weight is 407 g/mol. The Morgan fingerprint density at radius 1 is 0.903 bits per heavy atom. The summed E-state index contributed by atoms with van der Waals surface area (Å²) in [6.07, 6.45) is 0.879. The number of nitrogens with one attached hydrogen (secondary N) is 1. The minimum Gasteiger partial charge on any atom is -0.367 e. The summed E-state index contributed by atoms with van der Waals surface area (Å²) in [5.41, 5.74) is 4.77. The monoisotopic (exact) mass is 407 g/mol. The molecule has 152 valence electrons. The van der Waals surface area contributed by atoms with Crippen LogP contribution in [0.15, 0.2) is 78.9 Å². The molecule has 2 aromatic heterocycles. The molecule has 0 saturated heterocycles. The van der Waals surface area contributed by atoms with Crippen molar-refractivity contribution in [1.29, 1.82) is 0 Å². The van der Waals surface area contributed by atoms with E-state index in [1.807, 2.05) is 78.1 Å². The van der Waals surface area contributed by atoms with Crippen LogP contribution >= 0.6 is 0 Å². The van der Waals surface area contributed by atoms with Crippen LogP contribution in [-0.2, 0) is 6.42 Å². The average Bonchev–Trinajstić information content (AvgIpc) is 3.22. The third kappa shape index (κ3) is 3.64. The van der Waals surface area contributed by atoms with Crippen LogP contribution in [0, 0.1) is 6.92 Å². The summed E-state index contributed by atoms with van der Waals surface area (Å²) in [5, 5.41) is 12.0. The molecule has 5 aromatic rings. The molecule has 0 amide bonds. The van der Waals surface area contributed by atoms with E-state index >= 15 is 0 Å². The normalized spacial score (nSPS) is 11.1. The maximum absolute atomic E-state index is 12.9. The van der Waals surface area contributed by atoms with Gasteiger partial charge >= 0.3 is 0 Å². The third-order valence-electron chi connectivity index (χ3n) is 5.33. The van der Waals surface area contributed by atoms with Crippen molar-refractivity contribution in [3.63, 3.8) is 0 Å². The van der Waals surface area contributed by atoms with Gasteiger partial charge in [0, 0.05) is 17.7 Å². The van der Waals surface area contributed by atoms with Crippen molar-refractivity contribution in [2.45, 2.75) is 13.3 Å². The van der Waals surface area contributed by atoms with Crippen LogP contribution in [0.25, 0.3) is 16.7 Å². The van der Waals surface area contributed by atoms with Crippen molar-refractivity contribution in [2.75, 3.05) is 11.9 Å². The van der Waals surface area contributed by atoms with Gasteiger partial charge < -0.3 is 5.32 Å². The maximum Gasteiger partial charge on any atom is 0.204 e. The van der Waals surface area contributed by atoms with Gasteiger partial charge in [-0.25, -0.2) is 4.98 Å². The molecular formula is C25H21N5O. The topological polar surface area (TPSA) is 72.2 Å². The van der Waals surface area contributed by atoms with Gasteiger partial charge in [0.1, 0.15) is 5.82 Å². The number of ketones is 1. The van der Waals surface area contributed by atoms with E-state index in [4.69, 9.17) is 4.98 Å². The molecule has 31 heavy (non-hydrogen) atoms. The first kappa shape index (κ1) is 18.9. The lowest BCUT2D eigenvalue weighted by molar-refractivity contribution is 0.103. The number of fused-ring (bicyclic) bond motifs is 3. The van der Waals surface area contributed by atoms with E-state index in [9.17, 15) is 4.79 Å². The summed E-state index contributed by atoms with van der Waals surface area (Å²) < 4.78 is 1.95. The largest absolute Gasteiger partial charge is 0.367 e. The van der Waals surface area contributed by atoms with Crippen LogP contribution in [0.3, 0.4) is 0 Å². The minimum absolute atomic E-state index is 0.0218. The first-order chi connectivity index (χ1) is 15.2. The number of anilines is 1. The molecule has 5 rings (SSSR count). The number of carbonyl (C=O) groups is 1. The molecule has 6 heteroatoms. The Labute approximate surface area is 179 Å². The summed E-state index contributed by atoms with van der Waals surface area (Å²) >= 11 is 0. The zero-order chi connectivity index (χ0) is 21.2. The highest BCUT2D eigenvalue weighted by molar-refractivity contribution is 6.10. The standard InChI is InChI=1S/C25H21N5O/c1-17-28-29-25-24(26-15-14-18-8-4-2-5-9-18)27-21-13-12-20(16-22(21)30(17)25)23(31)19-10-6-3-7-11-19/h2-13,16H,14-15H2,1H3,(H,26,27). The van der Waals surface area contributed by atoms with Gasteiger partial charge in [0.25, 0.3) is 0 Å². The van der Waals surface area contributed by atoms with E-state index in [2.05, 4.69) is 27.6 Å². The smallest absolute Gasteiger partial charge is 0.204 e. The van der Waals surface area contributed by atoms with E-state index in [-0.39, 0.29) is 5.78 Å². The second-order valence-corrected chi connectivity index (χ2v) is 7.43. The molecule has 6 nitrogen and oxygen atoms in total. The molecule has 0 bridgehead atoms. The van der Waals surface area contributed by atoms with Crippen LogP contribution in [0.5, 0.6) is 0 Å². The molecule has 0 fully saturated rings. The van der Waals surface area contributed by atoms with Gasteiger partial charge in [0.2, 0.25) is 5.65 Å². The highest BCUT2D eigenvalue weighted by Crippen LogP contribution is 2.24. The Morgan fingerprint density at radius 3 is 2.42 bits per heavy atom. The lowest BCUT2D eigenvalue weighted by Crippen LogP contribution is -2.09. The molecule has 1 N–H and O–H groups in total. The summed E-state index contributed by atoms with van der Waals surface area (Å²) in [4.78, 5) is 17.7. The summed E-state index contributed by atoms with van der Waals surface area (Å²) in [7, 11) is 0. The van der Waals surface area contributed by atoms with Crippen molar-refractivity contribution in [3.8, 4) is 0 Å². The summed E-state index contributed by atoms with van der Waals surface area (Å²) in [5.74, 6) is 1.41. The fourth-order valence-corrected chi connectivity index (χ4v) is 3.76. The number of aromatic nitrogens is 4. The Morgan fingerprint density at radius 2 is 1.65 bits per heavy atom. The van der Waals surface area contributed by atoms with E-state index in [1.165, 1.54) is 5.56 Å². The molecule has 0 aliphatic carbocycles. The van der Waals surface area contributed by atoms with E-state index in [0.29, 0.717) is 22.6 Å². The van der Waals surface area contributed by atoms with Crippen molar-refractivity contribution in [2.24, 2.45) is 0 Å². The fourth-order valence-electron chi connectivity index (χ4n) is 3.76. The molecule has 0 radical (unpaired) electrons. The number of rotatable bonds is 6. The molecule has 0 saturated carbocycles. The number of carbonyl (C=O) groups excluding carboxylic acids is 1. The van der Waals surface area contributed by atoms with Gasteiger partial charge in [-0.05, 0) is 37.1 Å². The lowest BCUT2D eigenvalue weighted by Gasteiger charge is -2.11. The Hall–Kier alpha value is -4.06. The van der Waals surface area contributed by atoms with Crippen molar-refractivity contribution in [1.82, 2.24) is 19.6 Å². The van der Waals surface area contributed by atoms with E-state index < -0.39 is 0 Å². The molecule has 0 aliphatic rings. The molecule has 2 heterocycles. The van der Waals surface area contributed by atoms with Gasteiger partial charge in [0.15, 0.2) is 11.6 Å². The Bertz CT molecular complexity index is 1380. The summed E-state index contributed by atoms with van der Waals surface area (Å²) in [6.45, 7) is 2.63. The zero-order valence-electron chi connectivity index (χ0n) is 17.1. The van der Waals surface area contributed by atoms with Crippen LogP contribution < -0.4 is 5.32 Å². The highest BCUT2D eigenvalue weighted by Gasteiger charge is 2.16. The highest BCUT2D eigenvalue weighted by atomic mass is 16.1. The van der Waals surface area contributed by atoms with Crippen LogP contribution in [0.2, 0.25) is 0 Å². The van der Waals surface area contributed by atoms with E-state index in [1.54, 1.807) is 0 Å². The number of benzene rings is 3. The fraction of sp³-hybridized carbons (Fsp3) is 0.120. The van der Waals surface area contributed by atoms with E-state index in [0.717, 1.165) is 29.8 Å². The molecule has 3 aromatic carbocycles. The number of nitrogens with zero attached hydrogens (tertiary/aromatic N) is 4. The SMILES string of the molecule is Cc1nnc2c(NCCc3ccccc3)nc3ccc(C(=O)c4ccccc4)cc3n12. The molecule has 0 aliphatic heterocycles. The van der Waals surface area contributed by atoms with Gasteiger partial charge in [-0.15, -0.1) is 10.2 Å². The van der Waals surface area contributed by atoms with Crippen molar-refractivity contribution >= 4 is 28.3 Å². The van der Waals surface area contributed by atoms with Crippen LogP contribution in [0.4, 0.5) is 5.82 Å². The van der Waals surface area contributed by atoms with Crippen LogP contribution in [-0.4, -0.2) is 31.9 Å². The van der Waals surface area contributed by atoms with Gasteiger partial charge in [-0.1, -0.05) is 60.7 Å². The number of aryl methyl sites for hydroxylation is 1. The predicted molar refractivity (Wildman–Crippen MR) is 122 cm³/mol. The Balaban J connectivity index is 1.51. The van der Waals surface area contributed by atoms with Gasteiger partial charge in [0.05, 0.1) is 11.0 Å². The lowest BCUT2D eigenvalue weighted by atomic mass is 10.0. The first-order valence-corrected chi connectivity index (χ1v) is 10.2. The molecule has 0 unspecified atom stereocenters. The second-order valence-electron chi connectivity index (χ2n) is 7.43. The van der Waals surface area contributed by atoms with Crippen molar-refractivity contribution in [3.05, 3.63) is 101 Å². The quantitative estimate of drug-likeness (QED) is 0.421. The van der Waals surface area contributed by atoms with Crippen LogP contribution in [0.1, 0.15) is 27.3 Å². The first-order valence-electron chi connectivity index (χ1n) is 10.2. The predicted octanol–water partition coefficient (Wildman–Crippen LogP) is 4.47. The molecule has 0 atom stereocenters. The number of hydrogen-bond acceptors (Lipinski definition) is 5. The number of hydrogen-bond donors (Lipinski definition) is 1. The minimum atomic E-state index is -0.0218. The van der Waals surface area contributed by atoms with Gasteiger partial charge in [-0.2, -0.15) is 0 Å².